The third-order valence-corrected chi connectivity index (χ3v) is 3.70. The zero-order valence-corrected chi connectivity index (χ0v) is 11.0. The zero-order chi connectivity index (χ0) is 13.4. The smallest absolute Gasteiger partial charge is 0.326 e. The van der Waals surface area contributed by atoms with Crippen LogP contribution < -0.4 is 0 Å². The fourth-order valence-electron chi connectivity index (χ4n) is 2.61. The molecule has 1 aliphatic rings. The van der Waals surface area contributed by atoms with Gasteiger partial charge in [-0.3, -0.25) is 0 Å². The van der Waals surface area contributed by atoms with Crippen molar-refractivity contribution in [2.24, 2.45) is 0 Å². The van der Waals surface area contributed by atoms with E-state index in [1.54, 1.807) is 12.3 Å². The number of aliphatic carboxylic acids is 1. The Hall–Kier alpha value is -1.81. The van der Waals surface area contributed by atoms with E-state index in [2.05, 4.69) is 4.98 Å². The van der Waals surface area contributed by atoms with Crippen LogP contribution in [0.4, 0.5) is 0 Å². The van der Waals surface area contributed by atoms with Crippen LogP contribution in [-0.4, -0.2) is 20.6 Å². The molecule has 2 aromatic rings. The molecule has 0 bridgehead atoms. The Kier molecular flexibility index (Phi) is 3.03. The van der Waals surface area contributed by atoms with Crippen LogP contribution >= 0.6 is 11.6 Å². The van der Waals surface area contributed by atoms with E-state index in [0.717, 1.165) is 24.1 Å². The number of fused-ring (bicyclic) bond motifs is 1. The zero-order valence-electron chi connectivity index (χ0n) is 10.2. The SMILES string of the molecule is O=C(O)C1CCCc2cnc(-c3cccc(Cl)c3)n21. The fraction of sp³-hybridized carbons (Fsp3) is 0.286. The van der Waals surface area contributed by atoms with Gasteiger partial charge in [-0.2, -0.15) is 0 Å². The number of carboxylic acid groups (broad SMARTS) is 1. The van der Waals surface area contributed by atoms with Gasteiger partial charge in [-0.1, -0.05) is 23.7 Å². The van der Waals surface area contributed by atoms with Gasteiger partial charge in [0, 0.05) is 22.5 Å². The maximum Gasteiger partial charge on any atom is 0.326 e. The molecule has 0 spiro atoms. The lowest BCUT2D eigenvalue weighted by Crippen LogP contribution is -2.25. The van der Waals surface area contributed by atoms with Crippen molar-refractivity contribution in [3.8, 4) is 11.4 Å². The number of hydrogen-bond donors (Lipinski definition) is 1. The fourth-order valence-corrected chi connectivity index (χ4v) is 2.80. The van der Waals surface area contributed by atoms with Crippen LogP contribution in [0.5, 0.6) is 0 Å². The highest BCUT2D eigenvalue weighted by Gasteiger charge is 2.28. The molecule has 0 radical (unpaired) electrons. The molecule has 19 heavy (non-hydrogen) atoms. The number of imidazole rings is 1. The summed E-state index contributed by atoms with van der Waals surface area (Å²) in [6.45, 7) is 0. The summed E-state index contributed by atoms with van der Waals surface area (Å²) in [5, 5.41) is 9.98. The average molecular weight is 277 g/mol. The van der Waals surface area contributed by atoms with Crippen molar-refractivity contribution >= 4 is 17.6 Å². The van der Waals surface area contributed by atoms with Gasteiger partial charge in [-0.25, -0.2) is 9.78 Å². The van der Waals surface area contributed by atoms with Gasteiger partial charge >= 0.3 is 5.97 Å². The molecule has 1 aromatic carbocycles. The van der Waals surface area contributed by atoms with E-state index in [1.807, 2.05) is 22.8 Å². The molecule has 0 fully saturated rings. The molecular formula is C14H13ClN2O2. The van der Waals surface area contributed by atoms with Crippen LogP contribution in [0.25, 0.3) is 11.4 Å². The summed E-state index contributed by atoms with van der Waals surface area (Å²) in [4.78, 5) is 15.8. The number of aryl methyl sites for hydroxylation is 1. The second kappa shape index (κ2) is 4.70. The highest BCUT2D eigenvalue weighted by Crippen LogP contribution is 2.32. The summed E-state index contributed by atoms with van der Waals surface area (Å²) in [7, 11) is 0. The summed E-state index contributed by atoms with van der Waals surface area (Å²) in [6, 6.07) is 6.82. The van der Waals surface area contributed by atoms with Crippen LogP contribution in [0.1, 0.15) is 24.6 Å². The van der Waals surface area contributed by atoms with Crippen LogP contribution in [0.2, 0.25) is 5.02 Å². The number of halogens is 1. The second-order valence-corrected chi connectivity index (χ2v) is 5.14. The van der Waals surface area contributed by atoms with Crippen LogP contribution in [0.3, 0.4) is 0 Å². The van der Waals surface area contributed by atoms with Crippen molar-refractivity contribution in [2.75, 3.05) is 0 Å². The summed E-state index contributed by atoms with van der Waals surface area (Å²) in [5.74, 6) is -0.119. The Bertz CT molecular complexity index is 636. The minimum Gasteiger partial charge on any atom is -0.480 e. The summed E-state index contributed by atoms with van der Waals surface area (Å²) in [5.41, 5.74) is 1.83. The molecule has 98 valence electrons. The van der Waals surface area contributed by atoms with Crippen LogP contribution in [-0.2, 0) is 11.2 Å². The van der Waals surface area contributed by atoms with Crippen molar-refractivity contribution in [3.05, 3.63) is 41.2 Å². The first kappa shape index (κ1) is 12.2. The van der Waals surface area contributed by atoms with Crippen molar-refractivity contribution in [3.63, 3.8) is 0 Å². The van der Waals surface area contributed by atoms with E-state index in [4.69, 9.17) is 11.6 Å². The monoisotopic (exact) mass is 276 g/mol. The Balaban J connectivity index is 2.14. The van der Waals surface area contributed by atoms with E-state index in [0.29, 0.717) is 17.3 Å². The number of rotatable bonds is 2. The maximum atomic E-state index is 11.4. The van der Waals surface area contributed by atoms with Gasteiger partial charge in [0.25, 0.3) is 0 Å². The Morgan fingerprint density at radius 3 is 3.05 bits per heavy atom. The van der Waals surface area contributed by atoms with Gasteiger partial charge in [0.2, 0.25) is 0 Å². The van der Waals surface area contributed by atoms with E-state index in [-0.39, 0.29) is 0 Å². The summed E-state index contributed by atoms with van der Waals surface area (Å²) in [6.07, 6.45) is 4.17. The topological polar surface area (TPSA) is 55.1 Å². The molecule has 3 rings (SSSR count). The third kappa shape index (κ3) is 2.12. The molecule has 0 saturated carbocycles. The molecular weight excluding hydrogens is 264 g/mol. The molecule has 1 aromatic heterocycles. The second-order valence-electron chi connectivity index (χ2n) is 4.70. The van der Waals surface area contributed by atoms with E-state index >= 15 is 0 Å². The van der Waals surface area contributed by atoms with E-state index < -0.39 is 12.0 Å². The number of nitrogens with zero attached hydrogens (tertiary/aromatic N) is 2. The van der Waals surface area contributed by atoms with Gasteiger partial charge in [0.05, 0.1) is 0 Å². The lowest BCUT2D eigenvalue weighted by Gasteiger charge is -2.24. The number of benzene rings is 1. The molecule has 1 unspecified atom stereocenters. The minimum atomic E-state index is -0.803. The third-order valence-electron chi connectivity index (χ3n) is 3.46. The molecule has 1 atom stereocenters. The highest BCUT2D eigenvalue weighted by atomic mass is 35.5. The van der Waals surface area contributed by atoms with E-state index in [9.17, 15) is 9.90 Å². The first-order valence-electron chi connectivity index (χ1n) is 6.21. The molecule has 2 heterocycles. The molecule has 1 aliphatic heterocycles. The Morgan fingerprint density at radius 1 is 1.47 bits per heavy atom. The molecule has 0 amide bonds. The number of hydrogen-bond acceptors (Lipinski definition) is 2. The van der Waals surface area contributed by atoms with Crippen molar-refractivity contribution < 1.29 is 9.90 Å². The number of carboxylic acids is 1. The highest BCUT2D eigenvalue weighted by molar-refractivity contribution is 6.30. The quantitative estimate of drug-likeness (QED) is 0.917. The molecule has 4 nitrogen and oxygen atoms in total. The molecule has 0 aliphatic carbocycles. The lowest BCUT2D eigenvalue weighted by molar-refractivity contribution is -0.141. The number of aromatic nitrogens is 2. The van der Waals surface area contributed by atoms with Gasteiger partial charge in [-0.05, 0) is 31.4 Å². The van der Waals surface area contributed by atoms with Crippen LogP contribution in [0, 0.1) is 0 Å². The Morgan fingerprint density at radius 2 is 2.32 bits per heavy atom. The standard InChI is InChI=1S/C14H13ClN2O2/c15-10-4-1-3-9(7-10)13-16-8-11-5-2-6-12(14(18)19)17(11)13/h1,3-4,7-8,12H,2,5-6H2,(H,18,19). The number of carbonyl (C=O) groups is 1. The van der Waals surface area contributed by atoms with Crippen molar-refractivity contribution in [2.45, 2.75) is 25.3 Å². The van der Waals surface area contributed by atoms with Crippen molar-refractivity contribution in [1.29, 1.82) is 0 Å². The first-order chi connectivity index (χ1) is 9.16. The van der Waals surface area contributed by atoms with E-state index in [1.165, 1.54) is 0 Å². The molecule has 0 saturated heterocycles. The van der Waals surface area contributed by atoms with Gasteiger partial charge in [0.15, 0.2) is 0 Å². The van der Waals surface area contributed by atoms with Gasteiger partial charge < -0.3 is 9.67 Å². The normalized spacial score (nSPS) is 18.1. The minimum absolute atomic E-state index is 0.528. The average Bonchev–Trinajstić information content (AvgIpc) is 2.82. The van der Waals surface area contributed by atoms with Crippen LogP contribution in [0.15, 0.2) is 30.5 Å². The first-order valence-corrected chi connectivity index (χ1v) is 6.59. The predicted octanol–water partition coefficient (Wildman–Crippen LogP) is 3.17. The molecule has 1 N–H and O–H groups in total. The predicted molar refractivity (Wildman–Crippen MR) is 72.3 cm³/mol. The Labute approximate surface area is 115 Å². The summed E-state index contributed by atoms with van der Waals surface area (Å²) < 4.78 is 1.83. The van der Waals surface area contributed by atoms with Crippen molar-refractivity contribution in [1.82, 2.24) is 9.55 Å². The van der Waals surface area contributed by atoms with Gasteiger partial charge in [-0.15, -0.1) is 0 Å². The molecule has 5 heteroatoms. The largest absolute Gasteiger partial charge is 0.480 e. The maximum absolute atomic E-state index is 11.4. The summed E-state index contributed by atoms with van der Waals surface area (Å²) >= 11 is 5.99. The van der Waals surface area contributed by atoms with Gasteiger partial charge in [0.1, 0.15) is 11.9 Å². The lowest BCUT2D eigenvalue weighted by atomic mass is 10.0.